The van der Waals surface area contributed by atoms with Gasteiger partial charge in [-0.2, -0.15) is 0 Å². The van der Waals surface area contributed by atoms with Gasteiger partial charge in [-0.25, -0.2) is 0 Å². The number of aryl methyl sites for hydroxylation is 1. The molecule has 0 radical (unpaired) electrons. The smallest absolute Gasteiger partial charge is 0.186 e. The fraction of sp³-hybridized carbons (Fsp3) is 0.389. The SMILES string of the molecule is Cc1ccc2c(c1C)N=C(C=CC(=O)C(C)(C)O)C(C)C2=O. The predicted molar refractivity (Wildman–Crippen MR) is 87.0 cm³/mol. The van der Waals surface area contributed by atoms with Gasteiger partial charge in [0.15, 0.2) is 11.6 Å². The minimum absolute atomic E-state index is 0.00320. The van der Waals surface area contributed by atoms with E-state index >= 15 is 0 Å². The van der Waals surface area contributed by atoms with Crippen LogP contribution in [0.5, 0.6) is 0 Å². The minimum atomic E-state index is -1.43. The van der Waals surface area contributed by atoms with E-state index in [0.29, 0.717) is 17.0 Å². The number of allylic oxidation sites excluding steroid dienone is 1. The first kappa shape index (κ1) is 16.3. The zero-order valence-corrected chi connectivity index (χ0v) is 13.6. The third-order valence-corrected chi connectivity index (χ3v) is 4.05. The van der Waals surface area contributed by atoms with E-state index < -0.39 is 17.3 Å². The van der Waals surface area contributed by atoms with E-state index in [0.717, 1.165) is 11.1 Å². The van der Waals surface area contributed by atoms with Crippen molar-refractivity contribution in [1.82, 2.24) is 0 Å². The van der Waals surface area contributed by atoms with E-state index in [1.165, 1.54) is 26.0 Å². The molecule has 22 heavy (non-hydrogen) atoms. The van der Waals surface area contributed by atoms with Crippen LogP contribution in [-0.4, -0.2) is 28.0 Å². The van der Waals surface area contributed by atoms with Gasteiger partial charge in [0.2, 0.25) is 0 Å². The molecule has 0 aliphatic carbocycles. The van der Waals surface area contributed by atoms with Crippen LogP contribution >= 0.6 is 0 Å². The van der Waals surface area contributed by atoms with Crippen LogP contribution in [0.2, 0.25) is 0 Å². The van der Waals surface area contributed by atoms with Gasteiger partial charge in [0.25, 0.3) is 0 Å². The maximum Gasteiger partial charge on any atom is 0.186 e. The molecule has 0 fully saturated rings. The van der Waals surface area contributed by atoms with Crippen LogP contribution in [0, 0.1) is 19.8 Å². The van der Waals surface area contributed by atoms with Gasteiger partial charge in [0.1, 0.15) is 5.60 Å². The number of carbonyl (C=O) groups is 2. The highest BCUT2D eigenvalue weighted by Crippen LogP contribution is 2.33. The number of nitrogens with zero attached hydrogens (tertiary/aromatic N) is 1. The molecule has 1 N–H and O–H groups in total. The van der Waals surface area contributed by atoms with Crippen LogP contribution in [0.15, 0.2) is 29.3 Å². The third-order valence-electron chi connectivity index (χ3n) is 4.05. The minimum Gasteiger partial charge on any atom is -0.382 e. The van der Waals surface area contributed by atoms with E-state index in [4.69, 9.17) is 0 Å². The highest BCUT2D eigenvalue weighted by molar-refractivity contribution is 6.22. The Bertz CT molecular complexity index is 706. The summed E-state index contributed by atoms with van der Waals surface area (Å²) in [5.74, 6) is -0.814. The Morgan fingerprint density at radius 1 is 1.32 bits per heavy atom. The second-order valence-corrected chi connectivity index (χ2v) is 6.28. The summed E-state index contributed by atoms with van der Waals surface area (Å²) in [5.41, 5.74) is 2.46. The van der Waals surface area contributed by atoms with Crippen molar-refractivity contribution in [2.75, 3.05) is 0 Å². The van der Waals surface area contributed by atoms with Gasteiger partial charge in [0.05, 0.1) is 17.3 Å². The largest absolute Gasteiger partial charge is 0.382 e. The molecule has 116 valence electrons. The molecule has 1 aliphatic heterocycles. The molecule has 1 unspecified atom stereocenters. The number of Topliss-reactive ketones (excluding diaryl/α,β-unsaturated/α-hetero) is 1. The lowest BCUT2D eigenvalue weighted by atomic mass is 9.87. The van der Waals surface area contributed by atoms with Crippen molar-refractivity contribution < 1.29 is 14.7 Å². The van der Waals surface area contributed by atoms with Crippen molar-refractivity contribution >= 4 is 23.0 Å². The summed E-state index contributed by atoms with van der Waals surface area (Å²) in [6.07, 6.45) is 2.83. The molecule has 0 saturated carbocycles. The fourth-order valence-electron chi connectivity index (χ4n) is 2.28. The van der Waals surface area contributed by atoms with E-state index in [2.05, 4.69) is 4.99 Å². The Kier molecular flexibility index (Phi) is 4.16. The van der Waals surface area contributed by atoms with Crippen molar-refractivity contribution in [2.24, 2.45) is 10.9 Å². The highest BCUT2D eigenvalue weighted by Gasteiger charge is 2.28. The van der Waals surface area contributed by atoms with E-state index in [9.17, 15) is 14.7 Å². The Labute approximate surface area is 130 Å². The third kappa shape index (κ3) is 2.92. The van der Waals surface area contributed by atoms with Gasteiger partial charge in [0, 0.05) is 5.56 Å². The molecule has 0 saturated heterocycles. The lowest BCUT2D eigenvalue weighted by molar-refractivity contribution is -0.128. The molecule has 1 aromatic rings. The summed E-state index contributed by atoms with van der Waals surface area (Å²) in [6, 6.07) is 3.73. The van der Waals surface area contributed by atoms with Crippen LogP contribution in [0.4, 0.5) is 5.69 Å². The Hall–Kier alpha value is -2.07. The predicted octanol–water partition coefficient (Wildman–Crippen LogP) is 3.10. The standard InChI is InChI=1S/C18H21NO3/c1-10-6-7-13-16(11(10)2)19-14(12(3)17(13)21)8-9-15(20)18(4,5)22/h6-9,12,22H,1-5H3. The summed E-state index contributed by atoms with van der Waals surface area (Å²) in [5, 5.41) is 9.66. The summed E-state index contributed by atoms with van der Waals surface area (Å²) in [4.78, 5) is 28.8. The lowest BCUT2D eigenvalue weighted by Crippen LogP contribution is -2.30. The molecule has 1 heterocycles. The maximum atomic E-state index is 12.5. The molecular weight excluding hydrogens is 278 g/mol. The van der Waals surface area contributed by atoms with Crippen molar-refractivity contribution in [3.8, 4) is 0 Å². The Morgan fingerprint density at radius 3 is 2.55 bits per heavy atom. The molecule has 1 aromatic carbocycles. The van der Waals surface area contributed by atoms with Crippen molar-refractivity contribution in [1.29, 1.82) is 0 Å². The molecule has 4 nitrogen and oxygen atoms in total. The molecule has 4 heteroatoms. The van der Waals surface area contributed by atoms with Gasteiger partial charge in [-0.15, -0.1) is 0 Å². The molecule has 0 amide bonds. The summed E-state index contributed by atoms with van der Waals surface area (Å²) < 4.78 is 0. The fourth-order valence-corrected chi connectivity index (χ4v) is 2.28. The summed E-state index contributed by atoms with van der Waals surface area (Å²) >= 11 is 0. The van der Waals surface area contributed by atoms with Gasteiger partial charge in [-0.3, -0.25) is 14.6 Å². The first-order valence-electron chi connectivity index (χ1n) is 7.31. The summed E-state index contributed by atoms with van der Waals surface area (Å²) in [6.45, 7) is 8.54. The molecule has 0 aromatic heterocycles. The number of hydrogen-bond acceptors (Lipinski definition) is 4. The van der Waals surface area contributed by atoms with Crippen LogP contribution in [0.1, 0.15) is 42.3 Å². The number of rotatable bonds is 3. The zero-order valence-electron chi connectivity index (χ0n) is 13.6. The van der Waals surface area contributed by atoms with Crippen LogP contribution in [0.25, 0.3) is 0 Å². The number of benzene rings is 1. The van der Waals surface area contributed by atoms with Crippen LogP contribution in [0.3, 0.4) is 0 Å². The number of hydrogen-bond donors (Lipinski definition) is 1. The normalized spacial score (nSPS) is 18.4. The first-order valence-corrected chi connectivity index (χ1v) is 7.31. The average molecular weight is 299 g/mol. The van der Waals surface area contributed by atoms with E-state index in [1.54, 1.807) is 6.92 Å². The average Bonchev–Trinajstić information content (AvgIpc) is 2.44. The molecule has 0 bridgehead atoms. The second-order valence-electron chi connectivity index (χ2n) is 6.28. The maximum absolute atomic E-state index is 12.5. The second kappa shape index (κ2) is 5.61. The number of carbonyl (C=O) groups excluding carboxylic acids is 2. The van der Waals surface area contributed by atoms with Crippen LogP contribution in [-0.2, 0) is 4.79 Å². The molecule has 0 spiro atoms. The number of aliphatic imine (C=N–C) groups is 1. The molecule has 1 aliphatic rings. The van der Waals surface area contributed by atoms with E-state index in [1.807, 2.05) is 26.0 Å². The van der Waals surface area contributed by atoms with Crippen molar-refractivity contribution in [2.45, 2.75) is 40.2 Å². The molecule has 1 atom stereocenters. The molecule has 2 rings (SSSR count). The van der Waals surface area contributed by atoms with Gasteiger partial charge < -0.3 is 5.11 Å². The number of aliphatic hydroxyl groups is 1. The quantitative estimate of drug-likeness (QED) is 0.872. The van der Waals surface area contributed by atoms with Gasteiger partial charge >= 0.3 is 0 Å². The van der Waals surface area contributed by atoms with Crippen molar-refractivity contribution in [3.63, 3.8) is 0 Å². The number of fused-ring (bicyclic) bond motifs is 1. The monoisotopic (exact) mass is 299 g/mol. The molecular formula is C18H21NO3. The Morgan fingerprint density at radius 2 is 1.95 bits per heavy atom. The highest BCUT2D eigenvalue weighted by atomic mass is 16.3. The zero-order chi connectivity index (χ0) is 16.7. The van der Waals surface area contributed by atoms with Gasteiger partial charge in [-0.1, -0.05) is 6.07 Å². The van der Waals surface area contributed by atoms with Crippen molar-refractivity contribution in [3.05, 3.63) is 41.0 Å². The van der Waals surface area contributed by atoms with Gasteiger partial charge in [-0.05, 0) is 64.0 Å². The lowest BCUT2D eigenvalue weighted by Gasteiger charge is -2.21. The summed E-state index contributed by atoms with van der Waals surface area (Å²) in [7, 11) is 0. The van der Waals surface area contributed by atoms with Crippen LogP contribution < -0.4 is 0 Å². The first-order chi connectivity index (χ1) is 10.1. The Balaban J connectivity index is 2.47. The topological polar surface area (TPSA) is 66.7 Å². The number of ketones is 2. The van der Waals surface area contributed by atoms with E-state index in [-0.39, 0.29) is 5.78 Å².